The molecule has 1 N–H and O–H groups in total. The van der Waals surface area contributed by atoms with Crippen LogP contribution in [0.15, 0.2) is 72.8 Å². The first kappa shape index (κ1) is 22.1. The molecule has 1 aliphatic heterocycles. The number of hydrogen-bond donors (Lipinski definition) is 1. The minimum Gasteiger partial charge on any atom is -0.384 e. The summed E-state index contributed by atoms with van der Waals surface area (Å²) in [6, 6.07) is 25.3. The smallest absolute Gasteiger partial charge is 0.256 e. The summed E-state index contributed by atoms with van der Waals surface area (Å²) in [6.45, 7) is 8.90. The molecule has 3 aromatic carbocycles. The third kappa shape index (κ3) is 5.21. The van der Waals surface area contributed by atoms with E-state index in [1.807, 2.05) is 23.1 Å². The molecule has 3 heteroatoms. The van der Waals surface area contributed by atoms with Gasteiger partial charge in [0, 0.05) is 19.6 Å². The number of carbonyl (C=O) groups excluding carboxylic acids is 1. The van der Waals surface area contributed by atoms with E-state index in [-0.39, 0.29) is 11.3 Å². The molecular weight excluding hydrogens is 392 g/mol. The van der Waals surface area contributed by atoms with Crippen molar-refractivity contribution in [2.45, 2.75) is 52.0 Å². The lowest BCUT2D eigenvalue weighted by molar-refractivity contribution is 0.0746. The summed E-state index contributed by atoms with van der Waals surface area (Å²) in [5.74, 6) is 0.104. The molecular formula is C29H34N2O. The van der Waals surface area contributed by atoms with E-state index in [1.54, 1.807) is 0 Å². The Morgan fingerprint density at radius 1 is 0.906 bits per heavy atom. The minimum atomic E-state index is 0.104. The van der Waals surface area contributed by atoms with Crippen molar-refractivity contribution in [1.82, 2.24) is 4.90 Å². The molecule has 0 aromatic heterocycles. The van der Waals surface area contributed by atoms with Gasteiger partial charge in [-0.3, -0.25) is 4.79 Å². The fraction of sp³-hybridized carbons (Fsp3) is 0.345. The van der Waals surface area contributed by atoms with Crippen molar-refractivity contribution in [2.75, 3.05) is 18.4 Å². The zero-order valence-electron chi connectivity index (χ0n) is 19.5. The minimum absolute atomic E-state index is 0.104. The van der Waals surface area contributed by atoms with E-state index in [0.717, 1.165) is 42.6 Å². The molecule has 3 aromatic rings. The molecule has 1 heterocycles. The van der Waals surface area contributed by atoms with Crippen LogP contribution < -0.4 is 5.32 Å². The summed E-state index contributed by atoms with van der Waals surface area (Å²) in [7, 11) is 0. The van der Waals surface area contributed by atoms with Gasteiger partial charge in [0.25, 0.3) is 5.91 Å². The molecule has 0 fully saturated rings. The first-order chi connectivity index (χ1) is 15.4. The van der Waals surface area contributed by atoms with Gasteiger partial charge in [-0.1, -0.05) is 87.5 Å². The molecule has 0 saturated heterocycles. The number of para-hydroxylation sites is 1. The number of rotatable bonds is 6. The van der Waals surface area contributed by atoms with E-state index in [1.165, 1.54) is 16.7 Å². The Labute approximate surface area is 192 Å². The first-order valence-electron chi connectivity index (χ1n) is 11.7. The Kier molecular flexibility index (Phi) is 6.64. The maximum Gasteiger partial charge on any atom is 0.256 e. The summed E-state index contributed by atoms with van der Waals surface area (Å²) < 4.78 is 0. The number of nitrogens with zero attached hydrogens (tertiary/aromatic N) is 1. The molecule has 1 amide bonds. The molecule has 32 heavy (non-hydrogen) atoms. The van der Waals surface area contributed by atoms with Crippen LogP contribution in [0.1, 0.15) is 59.8 Å². The highest BCUT2D eigenvalue weighted by molar-refractivity contribution is 6.00. The topological polar surface area (TPSA) is 32.3 Å². The van der Waals surface area contributed by atoms with Gasteiger partial charge in [-0.15, -0.1) is 0 Å². The number of nitrogens with one attached hydrogen (secondary N) is 1. The van der Waals surface area contributed by atoms with Gasteiger partial charge >= 0.3 is 0 Å². The summed E-state index contributed by atoms with van der Waals surface area (Å²) in [6.07, 6.45) is 2.99. The van der Waals surface area contributed by atoms with Crippen molar-refractivity contribution < 1.29 is 4.79 Å². The lowest BCUT2D eigenvalue weighted by Gasteiger charge is -2.27. The molecule has 4 rings (SSSR count). The molecule has 0 spiro atoms. The fourth-order valence-electron chi connectivity index (χ4n) is 4.35. The van der Waals surface area contributed by atoms with E-state index in [2.05, 4.69) is 80.7 Å². The molecule has 3 nitrogen and oxygen atoms in total. The number of fused-ring (bicyclic) bond motifs is 1. The van der Waals surface area contributed by atoms with Crippen molar-refractivity contribution in [3.05, 3.63) is 101 Å². The summed E-state index contributed by atoms with van der Waals surface area (Å²) in [5.41, 5.74) is 6.91. The highest BCUT2D eigenvalue weighted by atomic mass is 16.2. The number of amides is 1. The predicted molar refractivity (Wildman–Crippen MR) is 133 cm³/mol. The normalized spacial score (nSPS) is 13.2. The van der Waals surface area contributed by atoms with E-state index in [9.17, 15) is 4.79 Å². The molecule has 166 valence electrons. The van der Waals surface area contributed by atoms with Crippen LogP contribution in [0.3, 0.4) is 0 Å². The van der Waals surface area contributed by atoms with Crippen LogP contribution >= 0.6 is 0 Å². The Hall–Kier alpha value is -3.07. The molecule has 1 aliphatic rings. The van der Waals surface area contributed by atoms with E-state index in [4.69, 9.17) is 0 Å². The van der Waals surface area contributed by atoms with Gasteiger partial charge in [0.15, 0.2) is 0 Å². The molecule has 0 aliphatic carbocycles. The summed E-state index contributed by atoms with van der Waals surface area (Å²) in [5, 5.41) is 3.48. The lowest BCUT2D eigenvalue weighted by atomic mass is 9.87. The zero-order valence-corrected chi connectivity index (χ0v) is 19.5. The average Bonchev–Trinajstić information content (AvgIpc) is 2.81. The number of carbonyl (C=O) groups is 1. The molecule has 0 bridgehead atoms. The van der Waals surface area contributed by atoms with E-state index < -0.39 is 0 Å². The lowest BCUT2D eigenvalue weighted by Crippen LogP contribution is -2.33. The van der Waals surface area contributed by atoms with Gasteiger partial charge in [-0.25, -0.2) is 0 Å². The first-order valence-corrected chi connectivity index (χ1v) is 11.7. The van der Waals surface area contributed by atoms with Crippen LogP contribution in [0.5, 0.6) is 0 Å². The Morgan fingerprint density at radius 3 is 2.38 bits per heavy atom. The van der Waals surface area contributed by atoms with Gasteiger partial charge in [0.05, 0.1) is 11.3 Å². The second kappa shape index (κ2) is 9.60. The van der Waals surface area contributed by atoms with Crippen molar-refractivity contribution in [2.24, 2.45) is 0 Å². The molecule has 0 saturated carbocycles. The van der Waals surface area contributed by atoms with Crippen LogP contribution in [-0.2, 0) is 24.8 Å². The third-order valence-electron chi connectivity index (χ3n) is 6.30. The largest absolute Gasteiger partial charge is 0.384 e. The van der Waals surface area contributed by atoms with Crippen molar-refractivity contribution >= 4 is 11.6 Å². The highest BCUT2D eigenvalue weighted by Crippen LogP contribution is 2.28. The second-order valence-corrected chi connectivity index (χ2v) is 9.78. The average molecular weight is 427 g/mol. The maximum atomic E-state index is 13.8. The van der Waals surface area contributed by atoms with Gasteiger partial charge in [-0.2, -0.15) is 0 Å². The van der Waals surface area contributed by atoms with Crippen molar-refractivity contribution in [1.29, 1.82) is 0 Å². The molecule has 0 atom stereocenters. The molecule has 0 unspecified atom stereocenters. The molecule has 0 radical (unpaired) electrons. The monoisotopic (exact) mass is 426 g/mol. The van der Waals surface area contributed by atoms with Gasteiger partial charge in [-0.05, 0) is 53.0 Å². The van der Waals surface area contributed by atoms with Gasteiger partial charge < -0.3 is 10.2 Å². The number of aryl methyl sites for hydroxylation is 1. The standard InChI is InChI=1S/C29H34N2O/c1-29(2,3)25-16-14-23(15-17-25)21-31(20-18-22-9-5-4-6-10-22)28(32)26-13-7-11-24-12-8-19-30-27(24)26/h4-7,9-11,13-17,30H,8,12,18-21H2,1-3H3. The van der Waals surface area contributed by atoms with Gasteiger partial charge in [0.1, 0.15) is 0 Å². The third-order valence-corrected chi connectivity index (χ3v) is 6.30. The quantitative estimate of drug-likeness (QED) is 0.507. The van der Waals surface area contributed by atoms with E-state index in [0.29, 0.717) is 13.1 Å². The van der Waals surface area contributed by atoms with Crippen LogP contribution in [0.4, 0.5) is 5.69 Å². The van der Waals surface area contributed by atoms with Crippen molar-refractivity contribution in [3.63, 3.8) is 0 Å². The predicted octanol–water partition coefficient (Wildman–Crippen LogP) is 6.23. The Balaban J connectivity index is 1.59. The van der Waals surface area contributed by atoms with Crippen LogP contribution in [0, 0.1) is 0 Å². The number of anilines is 1. The SMILES string of the molecule is CC(C)(C)c1ccc(CN(CCc2ccccc2)C(=O)c2cccc3c2NCCC3)cc1. The zero-order chi connectivity index (χ0) is 22.6. The number of benzene rings is 3. The van der Waals surface area contributed by atoms with Crippen LogP contribution in [0.25, 0.3) is 0 Å². The Morgan fingerprint density at radius 2 is 1.66 bits per heavy atom. The Bertz CT molecular complexity index is 1050. The van der Waals surface area contributed by atoms with Crippen LogP contribution in [-0.4, -0.2) is 23.9 Å². The second-order valence-electron chi connectivity index (χ2n) is 9.78. The van der Waals surface area contributed by atoms with Crippen LogP contribution in [0.2, 0.25) is 0 Å². The fourth-order valence-corrected chi connectivity index (χ4v) is 4.35. The number of hydrogen-bond acceptors (Lipinski definition) is 2. The summed E-state index contributed by atoms with van der Waals surface area (Å²) >= 11 is 0. The van der Waals surface area contributed by atoms with E-state index >= 15 is 0 Å². The van der Waals surface area contributed by atoms with Gasteiger partial charge in [0.2, 0.25) is 0 Å². The van der Waals surface area contributed by atoms with Crippen molar-refractivity contribution in [3.8, 4) is 0 Å². The summed E-state index contributed by atoms with van der Waals surface area (Å²) in [4.78, 5) is 15.8. The maximum absolute atomic E-state index is 13.8. The highest BCUT2D eigenvalue weighted by Gasteiger charge is 2.22.